The topological polar surface area (TPSA) is 58.4 Å². The van der Waals surface area contributed by atoms with Crippen molar-refractivity contribution in [2.24, 2.45) is 17.6 Å². The van der Waals surface area contributed by atoms with E-state index in [0.717, 1.165) is 38.8 Å². The summed E-state index contributed by atoms with van der Waals surface area (Å²) >= 11 is 0. The molecule has 2 rings (SSSR count). The average Bonchev–Trinajstić information content (AvgIpc) is 2.48. The number of likely N-dealkylation sites (tertiary alicyclic amines) is 1. The number of nitrogens with zero attached hydrogens (tertiary/aromatic N) is 1. The highest BCUT2D eigenvalue weighted by atomic mass is 16.1. The van der Waals surface area contributed by atoms with Crippen molar-refractivity contribution < 1.29 is 4.79 Å². The maximum absolute atomic E-state index is 12.2. The van der Waals surface area contributed by atoms with Crippen molar-refractivity contribution in [3.05, 3.63) is 0 Å². The summed E-state index contributed by atoms with van der Waals surface area (Å²) in [7, 11) is 0. The fourth-order valence-corrected chi connectivity index (χ4v) is 3.72. The number of rotatable bonds is 5. The number of carbonyl (C=O) groups excluding carboxylic acids is 1. The van der Waals surface area contributed by atoms with Gasteiger partial charge in [-0.25, -0.2) is 0 Å². The Labute approximate surface area is 129 Å². The lowest BCUT2D eigenvalue weighted by molar-refractivity contribution is -0.126. The van der Waals surface area contributed by atoms with E-state index in [1.807, 2.05) is 0 Å². The van der Waals surface area contributed by atoms with Gasteiger partial charge >= 0.3 is 0 Å². The van der Waals surface area contributed by atoms with Gasteiger partial charge in [0.2, 0.25) is 5.91 Å². The number of hydrogen-bond donors (Lipinski definition) is 2. The molecule has 2 fully saturated rings. The van der Waals surface area contributed by atoms with Crippen LogP contribution in [0.2, 0.25) is 0 Å². The Hall–Kier alpha value is -0.610. The van der Waals surface area contributed by atoms with E-state index < -0.39 is 0 Å². The molecule has 0 aromatic carbocycles. The third kappa shape index (κ3) is 4.96. The molecule has 4 atom stereocenters. The van der Waals surface area contributed by atoms with Gasteiger partial charge in [0.1, 0.15) is 0 Å². The number of nitrogens with one attached hydrogen (secondary N) is 1. The Morgan fingerprint density at radius 1 is 1.24 bits per heavy atom. The zero-order valence-corrected chi connectivity index (χ0v) is 13.8. The van der Waals surface area contributed by atoms with Gasteiger partial charge in [-0.1, -0.05) is 13.3 Å². The summed E-state index contributed by atoms with van der Waals surface area (Å²) in [4.78, 5) is 14.7. The molecule has 1 aliphatic heterocycles. The van der Waals surface area contributed by atoms with E-state index in [1.54, 1.807) is 0 Å². The van der Waals surface area contributed by atoms with Gasteiger partial charge in [-0.3, -0.25) is 4.79 Å². The number of nitrogens with two attached hydrogens (primary N) is 1. The summed E-state index contributed by atoms with van der Waals surface area (Å²) < 4.78 is 0. The summed E-state index contributed by atoms with van der Waals surface area (Å²) in [6, 6.07) is 0.913. The van der Waals surface area contributed by atoms with E-state index >= 15 is 0 Å². The maximum atomic E-state index is 12.2. The number of piperidine rings is 1. The van der Waals surface area contributed by atoms with E-state index in [1.165, 1.54) is 25.8 Å². The number of carbonyl (C=O) groups is 1. The predicted molar refractivity (Wildman–Crippen MR) is 87.0 cm³/mol. The van der Waals surface area contributed by atoms with Crippen LogP contribution in [-0.4, -0.2) is 42.5 Å². The molecule has 1 saturated heterocycles. The van der Waals surface area contributed by atoms with Gasteiger partial charge in [-0.15, -0.1) is 0 Å². The second-order valence-electron chi connectivity index (χ2n) is 7.18. The van der Waals surface area contributed by atoms with Crippen LogP contribution in [0.4, 0.5) is 0 Å². The summed E-state index contributed by atoms with van der Waals surface area (Å²) in [5, 5.41) is 3.12. The Morgan fingerprint density at radius 2 is 2.05 bits per heavy atom. The molecule has 21 heavy (non-hydrogen) atoms. The summed E-state index contributed by atoms with van der Waals surface area (Å²) in [5.41, 5.74) is 6.09. The van der Waals surface area contributed by atoms with Crippen LogP contribution in [0, 0.1) is 11.8 Å². The first-order valence-corrected chi connectivity index (χ1v) is 8.85. The minimum absolute atomic E-state index is 0.144. The fourth-order valence-electron chi connectivity index (χ4n) is 3.72. The Kier molecular flexibility index (Phi) is 6.49. The lowest BCUT2D eigenvalue weighted by atomic mass is 9.79. The van der Waals surface area contributed by atoms with Gasteiger partial charge in [0, 0.05) is 31.1 Å². The molecular weight excluding hydrogens is 262 g/mol. The third-order valence-electron chi connectivity index (χ3n) is 5.49. The zero-order chi connectivity index (χ0) is 15.2. The van der Waals surface area contributed by atoms with Gasteiger partial charge in [-0.05, 0) is 57.9 Å². The monoisotopic (exact) mass is 295 g/mol. The minimum Gasteiger partial charge on any atom is -0.356 e. The molecule has 4 heteroatoms. The first-order valence-electron chi connectivity index (χ1n) is 8.85. The van der Waals surface area contributed by atoms with E-state index in [4.69, 9.17) is 5.73 Å². The van der Waals surface area contributed by atoms with Crippen molar-refractivity contribution >= 4 is 5.91 Å². The molecule has 1 saturated carbocycles. The largest absolute Gasteiger partial charge is 0.356 e. The molecule has 4 unspecified atom stereocenters. The second-order valence-corrected chi connectivity index (χ2v) is 7.18. The lowest BCUT2D eigenvalue weighted by Crippen LogP contribution is -2.42. The van der Waals surface area contributed by atoms with Crippen LogP contribution in [-0.2, 0) is 4.79 Å². The molecule has 122 valence electrons. The van der Waals surface area contributed by atoms with Crippen LogP contribution in [0.5, 0.6) is 0 Å². The molecule has 0 aromatic rings. The van der Waals surface area contributed by atoms with Crippen molar-refractivity contribution in [2.45, 2.75) is 70.9 Å². The van der Waals surface area contributed by atoms with Crippen LogP contribution >= 0.6 is 0 Å². The van der Waals surface area contributed by atoms with Gasteiger partial charge in [-0.2, -0.15) is 0 Å². The quantitative estimate of drug-likeness (QED) is 0.764. The average molecular weight is 295 g/mol. The second kappa shape index (κ2) is 8.14. The minimum atomic E-state index is 0.144. The van der Waals surface area contributed by atoms with Crippen molar-refractivity contribution in [3.8, 4) is 0 Å². The molecule has 0 spiro atoms. The first-order chi connectivity index (χ1) is 10.1. The molecule has 1 heterocycles. The van der Waals surface area contributed by atoms with E-state index in [2.05, 4.69) is 24.1 Å². The van der Waals surface area contributed by atoms with Gasteiger partial charge in [0.05, 0.1) is 0 Å². The van der Waals surface area contributed by atoms with Crippen molar-refractivity contribution in [3.63, 3.8) is 0 Å². The molecule has 0 radical (unpaired) electrons. The van der Waals surface area contributed by atoms with Gasteiger partial charge in [0.25, 0.3) is 0 Å². The molecule has 1 amide bonds. The number of amides is 1. The summed E-state index contributed by atoms with van der Waals surface area (Å²) in [6.07, 6.45) is 8.03. The predicted octanol–water partition coefficient (Wildman–Crippen LogP) is 2.13. The molecule has 4 nitrogen and oxygen atoms in total. The SMILES string of the molecule is CC1CCC(C(=O)NCCCN2CCCCC2C)CC1N. The molecule has 1 aliphatic carbocycles. The highest BCUT2D eigenvalue weighted by Crippen LogP contribution is 2.27. The highest BCUT2D eigenvalue weighted by molar-refractivity contribution is 5.78. The molecular formula is C17H33N3O. The van der Waals surface area contributed by atoms with Gasteiger partial charge < -0.3 is 16.0 Å². The van der Waals surface area contributed by atoms with Crippen molar-refractivity contribution in [1.82, 2.24) is 10.2 Å². The fraction of sp³-hybridized carbons (Fsp3) is 0.941. The van der Waals surface area contributed by atoms with Crippen LogP contribution < -0.4 is 11.1 Å². The molecule has 0 aromatic heterocycles. The standard InChI is InChI=1S/C17H33N3O/c1-13-7-8-15(12-16(13)18)17(21)19-9-5-11-20-10-4-3-6-14(20)2/h13-16H,3-12,18H2,1-2H3,(H,19,21). The zero-order valence-electron chi connectivity index (χ0n) is 13.8. The van der Waals surface area contributed by atoms with Gasteiger partial charge in [0.15, 0.2) is 0 Å². The smallest absolute Gasteiger partial charge is 0.223 e. The van der Waals surface area contributed by atoms with E-state index in [9.17, 15) is 4.79 Å². The lowest BCUT2D eigenvalue weighted by Gasteiger charge is -2.33. The normalized spacial score (nSPS) is 34.6. The van der Waals surface area contributed by atoms with Crippen LogP contribution in [0.1, 0.15) is 58.8 Å². The Morgan fingerprint density at radius 3 is 2.76 bits per heavy atom. The number of hydrogen-bond acceptors (Lipinski definition) is 3. The highest BCUT2D eigenvalue weighted by Gasteiger charge is 2.29. The molecule has 2 aliphatic rings. The maximum Gasteiger partial charge on any atom is 0.223 e. The molecule has 0 bridgehead atoms. The third-order valence-corrected chi connectivity index (χ3v) is 5.49. The van der Waals surface area contributed by atoms with Crippen LogP contribution in [0.3, 0.4) is 0 Å². The van der Waals surface area contributed by atoms with Crippen LogP contribution in [0.25, 0.3) is 0 Å². The van der Waals surface area contributed by atoms with E-state index in [-0.39, 0.29) is 17.9 Å². The summed E-state index contributed by atoms with van der Waals surface area (Å²) in [5.74, 6) is 0.934. The Bertz CT molecular complexity index is 334. The van der Waals surface area contributed by atoms with Crippen molar-refractivity contribution in [1.29, 1.82) is 0 Å². The molecule has 3 N–H and O–H groups in total. The van der Waals surface area contributed by atoms with Crippen LogP contribution in [0.15, 0.2) is 0 Å². The Balaban J connectivity index is 1.61. The first kappa shape index (κ1) is 16.8. The van der Waals surface area contributed by atoms with E-state index in [0.29, 0.717) is 12.0 Å². The van der Waals surface area contributed by atoms with Crippen molar-refractivity contribution in [2.75, 3.05) is 19.6 Å². The summed E-state index contributed by atoms with van der Waals surface area (Å²) in [6.45, 7) is 7.66.